The number of hydrogen-bond donors (Lipinski definition) is 0. The lowest BCUT2D eigenvalue weighted by atomic mass is 10.2. The summed E-state index contributed by atoms with van der Waals surface area (Å²) in [5.74, 6) is 7.09. The first-order valence-electron chi connectivity index (χ1n) is 15.1. The molecule has 0 N–H and O–H groups in total. The average Bonchev–Trinajstić information content (AvgIpc) is 3.84. The van der Waals surface area contributed by atoms with Gasteiger partial charge in [0.15, 0.2) is 0 Å². The van der Waals surface area contributed by atoms with Gasteiger partial charge in [-0.2, -0.15) is 0 Å². The van der Waals surface area contributed by atoms with Crippen LogP contribution in [0.5, 0.6) is 11.5 Å². The zero-order chi connectivity index (χ0) is 29.9. The van der Waals surface area contributed by atoms with Crippen LogP contribution >= 0.6 is 141 Å². The molecule has 0 amide bonds. The van der Waals surface area contributed by atoms with Gasteiger partial charge in [-0.25, -0.2) is 0 Å². The smallest absolute Gasteiger partial charge is 0.149 e. The Morgan fingerprint density at radius 1 is 0.386 bits per heavy atom. The number of fused-ring (bicyclic) bond motifs is 2. The fourth-order valence-corrected chi connectivity index (χ4v) is 22.8. The van der Waals surface area contributed by atoms with Crippen molar-refractivity contribution in [3.8, 4) is 11.5 Å². The van der Waals surface area contributed by atoms with Gasteiger partial charge in [-0.15, -0.1) is 47.0 Å². The molecule has 6 aliphatic heterocycles. The molecular weight excluding hydrogens is 777 g/mol. The van der Waals surface area contributed by atoms with Crippen molar-refractivity contribution in [3.63, 3.8) is 0 Å². The maximum absolute atomic E-state index is 6.83. The third-order valence-electron chi connectivity index (χ3n) is 7.01. The standard InChI is InChI=1S/C30H34O2S12/c1-3-5-7-9-11-31-17-19-21(39-27(37-19)29-41-23-24(42-29)34-14-13-33-23)18(32-12-10-8-6-4-2)22-20(17)38-28(40-22)30-43-25-26(44-30)36-16-15-35-25/h3-16H2,1-2H3. The number of benzene rings is 1. The minimum atomic E-state index is 0.781. The van der Waals surface area contributed by atoms with E-state index < -0.39 is 0 Å². The second-order valence-corrected chi connectivity index (χ2v) is 25.0. The molecule has 0 saturated carbocycles. The molecule has 0 aromatic heterocycles. The van der Waals surface area contributed by atoms with E-state index in [1.54, 1.807) is 0 Å². The van der Waals surface area contributed by atoms with Crippen LogP contribution in [0.15, 0.2) is 53.5 Å². The lowest BCUT2D eigenvalue weighted by Crippen LogP contribution is -2.04. The van der Waals surface area contributed by atoms with E-state index in [1.165, 1.54) is 115 Å². The quantitative estimate of drug-likeness (QED) is 0.187. The molecule has 0 unspecified atom stereocenters. The number of thioether (sulfide) groups is 12. The van der Waals surface area contributed by atoms with Crippen molar-refractivity contribution < 1.29 is 9.47 Å². The summed E-state index contributed by atoms with van der Waals surface area (Å²) in [6, 6.07) is 0. The molecule has 0 fully saturated rings. The van der Waals surface area contributed by atoms with Crippen molar-refractivity contribution in [2.24, 2.45) is 0 Å². The lowest BCUT2D eigenvalue weighted by Gasteiger charge is -2.18. The number of ether oxygens (including phenoxy) is 2. The van der Waals surface area contributed by atoms with E-state index in [1.807, 2.05) is 141 Å². The van der Waals surface area contributed by atoms with Crippen molar-refractivity contribution in [3.05, 3.63) is 33.9 Å². The summed E-state index contributed by atoms with van der Waals surface area (Å²) in [4.78, 5) is 5.15. The van der Waals surface area contributed by atoms with Crippen LogP contribution in [0.4, 0.5) is 0 Å². The van der Waals surface area contributed by atoms with Crippen LogP contribution in [0.3, 0.4) is 0 Å². The summed E-state index contributed by atoms with van der Waals surface area (Å²) in [5, 5.41) is 0. The van der Waals surface area contributed by atoms with E-state index in [2.05, 4.69) is 13.8 Å². The molecule has 1 aromatic rings. The van der Waals surface area contributed by atoms with Crippen molar-refractivity contribution in [2.75, 3.05) is 36.2 Å². The Labute approximate surface area is 313 Å². The Morgan fingerprint density at radius 2 is 0.705 bits per heavy atom. The first-order chi connectivity index (χ1) is 21.7. The lowest BCUT2D eigenvalue weighted by molar-refractivity contribution is 0.271. The van der Waals surface area contributed by atoms with E-state index in [0.717, 1.165) is 37.6 Å². The van der Waals surface area contributed by atoms with Crippen LogP contribution in [-0.2, 0) is 0 Å². The van der Waals surface area contributed by atoms with E-state index in [-0.39, 0.29) is 0 Å². The Kier molecular flexibility index (Phi) is 13.1. The molecule has 0 saturated heterocycles. The molecule has 0 atom stereocenters. The highest BCUT2D eigenvalue weighted by atomic mass is 32.3. The van der Waals surface area contributed by atoms with Gasteiger partial charge in [0.05, 0.1) is 66.7 Å². The van der Waals surface area contributed by atoms with Crippen molar-refractivity contribution in [2.45, 2.75) is 84.8 Å². The van der Waals surface area contributed by atoms with Gasteiger partial charge in [0.25, 0.3) is 0 Å². The Morgan fingerprint density at radius 3 is 1.02 bits per heavy atom. The maximum Gasteiger partial charge on any atom is 0.149 e. The molecule has 44 heavy (non-hydrogen) atoms. The minimum absolute atomic E-state index is 0.781. The summed E-state index contributed by atoms with van der Waals surface area (Å²) >= 11 is 23.9. The molecule has 1 aromatic carbocycles. The zero-order valence-electron chi connectivity index (χ0n) is 24.6. The monoisotopic (exact) mass is 810 g/mol. The number of unbranched alkanes of at least 4 members (excludes halogenated alkanes) is 6. The van der Waals surface area contributed by atoms with Crippen LogP contribution in [0, 0.1) is 0 Å². The summed E-state index contributed by atoms with van der Waals surface area (Å²) in [7, 11) is 0. The van der Waals surface area contributed by atoms with Gasteiger partial charge in [-0.3, -0.25) is 0 Å². The Hall–Kier alpha value is 1.98. The van der Waals surface area contributed by atoms with Gasteiger partial charge in [-0.1, -0.05) is 146 Å². The highest BCUT2D eigenvalue weighted by Crippen LogP contribution is 2.73. The number of rotatable bonds is 12. The maximum atomic E-state index is 6.83. The first-order valence-corrected chi connectivity index (χ1v) is 25.6. The van der Waals surface area contributed by atoms with Gasteiger partial charge >= 0.3 is 0 Å². The van der Waals surface area contributed by atoms with Crippen LogP contribution < -0.4 is 9.47 Å². The normalized spacial score (nSPS) is 21.0. The van der Waals surface area contributed by atoms with E-state index >= 15 is 0 Å². The third kappa shape index (κ3) is 7.81. The second kappa shape index (κ2) is 16.8. The topological polar surface area (TPSA) is 18.5 Å². The van der Waals surface area contributed by atoms with Gasteiger partial charge < -0.3 is 9.47 Å². The molecule has 0 radical (unpaired) electrons. The van der Waals surface area contributed by atoms with Gasteiger partial charge in [-0.05, 0) is 12.8 Å². The molecule has 0 aliphatic carbocycles. The van der Waals surface area contributed by atoms with Crippen LogP contribution in [-0.4, -0.2) is 36.2 Å². The first kappa shape index (κ1) is 34.4. The molecule has 2 nitrogen and oxygen atoms in total. The molecule has 0 bridgehead atoms. The van der Waals surface area contributed by atoms with Crippen molar-refractivity contribution in [1.29, 1.82) is 0 Å². The van der Waals surface area contributed by atoms with Crippen LogP contribution in [0.1, 0.15) is 65.2 Å². The minimum Gasteiger partial charge on any atom is -0.491 e. The van der Waals surface area contributed by atoms with Gasteiger partial charge in [0, 0.05) is 23.0 Å². The predicted molar refractivity (Wildman–Crippen MR) is 217 cm³/mol. The fraction of sp³-hybridized carbons (Fsp3) is 0.533. The number of hydrogen-bond acceptors (Lipinski definition) is 14. The Bertz CT molecular complexity index is 1230. The van der Waals surface area contributed by atoms with E-state index in [4.69, 9.17) is 9.47 Å². The molecule has 6 aliphatic rings. The largest absolute Gasteiger partial charge is 0.491 e. The van der Waals surface area contributed by atoms with Crippen LogP contribution in [0.25, 0.3) is 0 Å². The highest BCUT2D eigenvalue weighted by Gasteiger charge is 2.40. The molecule has 6 heterocycles. The Balaban J connectivity index is 1.22. The second-order valence-electron chi connectivity index (χ2n) is 10.3. The molecular formula is C30H34O2S12. The van der Waals surface area contributed by atoms with E-state index in [9.17, 15) is 0 Å². The van der Waals surface area contributed by atoms with E-state index in [0.29, 0.717) is 0 Å². The van der Waals surface area contributed by atoms with Crippen molar-refractivity contribution >= 4 is 141 Å². The molecule has 238 valence electrons. The molecule has 14 heteroatoms. The zero-order valence-corrected chi connectivity index (χ0v) is 34.4. The summed E-state index contributed by atoms with van der Waals surface area (Å²) in [6.07, 6.45) is 9.72. The summed E-state index contributed by atoms with van der Waals surface area (Å²) < 4.78 is 25.4. The molecule has 0 spiro atoms. The molecule has 7 rings (SSSR count). The fourth-order valence-electron chi connectivity index (χ4n) is 4.84. The SMILES string of the molecule is CCCCCCOc1c2c(c(OCCCCCC)c3c1SC(=C1SC4=C(SCCS4)S1)S3)SC(=C1SC3=C(SCCS3)S1)S2. The summed E-state index contributed by atoms with van der Waals surface area (Å²) in [6.45, 7) is 6.12. The van der Waals surface area contributed by atoms with Crippen LogP contribution in [0.2, 0.25) is 0 Å². The van der Waals surface area contributed by atoms with Crippen molar-refractivity contribution in [1.82, 2.24) is 0 Å². The summed E-state index contributed by atoms with van der Waals surface area (Å²) in [5.41, 5.74) is 0. The van der Waals surface area contributed by atoms with Gasteiger partial charge in [0.2, 0.25) is 0 Å². The average molecular weight is 811 g/mol. The third-order valence-corrected chi connectivity index (χ3v) is 24.8. The van der Waals surface area contributed by atoms with Gasteiger partial charge in [0.1, 0.15) is 11.5 Å². The highest BCUT2D eigenvalue weighted by molar-refractivity contribution is 8.43. The predicted octanol–water partition coefficient (Wildman–Crippen LogP) is 14.4.